The van der Waals surface area contributed by atoms with Crippen LogP contribution in [0.1, 0.15) is 44.6 Å². The molecule has 1 unspecified atom stereocenters. The lowest BCUT2D eigenvalue weighted by molar-refractivity contribution is -0.145. The van der Waals surface area contributed by atoms with Crippen molar-refractivity contribution in [1.82, 2.24) is 0 Å². The van der Waals surface area contributed by atoms with Crippen LogP contribution >= 0.6 is 0 Å². The third-order valence-electron chi connectivity index (χ3n) is 3.11. The van der Waals surface area contributed by atoms with E-state index in [4.69, 9.17) is 9.47 Å². The topological polar surface area (TPSA) is 55.8 Å². The van der Waals surface area contributed by atoms with Gasteiger partial charge in [0.1, 0.15) is 12.4 Å². The molecule has 0 bridgehead atoms. The van der Waals surface area contributed by atoms with Crippen LogP contribution in [0.25, 0.3) is 0 Å². The predicted molar refractivity (Wildman–Crippen MR) is 77.6 cm³/mol. The van der Waals surface area contributed by atoms with Gasteiger partial charge < -0.3 is 14.6 Å². The summed E-state index contributed by atoms with van der Waals surface area (Å²) < 4.78 is 10.3. The summed E-state index contributed by atoms with van der Waals surface area (Å²) in [5.41, 5.74) is 0.893. The molecule has 0 aliphatic carbocycles. The van der Waals surface area contributed by atoms with Crippen LogP contribution in [0.3, 0.4) is 0 Å². The number of aliphatic hydroxyl groups excluding tert-OH is 1. The number of carbonyl (C=O) groups is 1. The number of methoxy groups -OCH3 is 1. The van der Waals surface area contributed by atoms with E-state index in [1.165, 1.54) is 0 Å². The molecular formula is C16H24O4. The van der Waals surface area contributed by atoms with Crippen LogP contribution in [0.15, 0.2) is 24.3 Å². The molecule has 0 aromatic heterocycles. The SMILES string of the molecule is CCCCC(O)CCC(=O)OCc1cccc(OC)c1. The van der Waals surface area contributed by atoms with Crippen molar-refractivity contribution in [1.29, 1.82) is 0 Å². The molecule has 0 saturated heterocycles. The highest BCUT2D eigenvalue weighted by atomic mass is 16.5. The number of rotatable bonds is 9. The molecule has 4 heteroatoms. The Morgan fingerprint density at radius 2 is 2.15 bits per heavy atom. The minimum Gasteiger partial charge on any atom is -0.497 e. The standard InChI is InChI=1S/C16H24O4/c1-3-4-7-14(17)9-10-16(18)20-12-13-6-5-8-15(11-13)19-2/h5-6,8,11,14,17H,3-4,7,9-10,12H2,1-2H3. The molecule has 0 saturated carbocycles. The molecule has 1 N–H and O–H groups in total. The average Bonchev–Trinajstić information content (AvgIpc) is 2.49. The number of esters is 1. The van der Waals surface area contributed by atoms with Crippen molar-refractivity contribution in [3.63, 3.8) is 0 Å². The van der Waals surface area contributed by atoms with Gasteiger partial charge in [0.2, 0.25) is 0 Å². The Kier molecular flexibility index (Phi) is 7.73. The first-order valence-corrected chi connectivity index (χ1v) is 7.12. The number of ether oxygens (including phenoxy) is 2. The summed E-state index contributed by atoms with van der Waals surface area (Å²) in [4.78, 5) is 11.6. The fraction of sp³-hybridized carbons (Fsp3) is 0.562. The summed E-state index contributed by atoms with van der Waals surface area (Å²) in [5.74, 6) is 0.469. The van der Waals surface area contributed by atoms with E-state index in [1.54, 1.807) is 7.11 Å². The van der Waals surface area contributed by atoms with Crippen molar-refractivity contribution < 1.29 is 19.4 Å². The van der Waals surface area contributed by atoms with E-state index in [-0.39, 0.29) is 19.0 Å². The first-order chi connectivity index (χ1) is 9.65. The van der Waals surface area contributed by atoms with E-state index >= 15 is 0 Å². The summed E-state index contributed by atoms with van der Waals surface area (Å²) in [6, 6.07) is 7.42. The third kappa shape index (κ3) is 6.57. The Balaban J connectivity index is 2.25. The molecule has 0 spiro atoms. The van der Waals surface area contributed by atoms with Crippen molar-refractivity contribution in [3.8, 4) is 5.75 Å². The summed E-state index contributed by atoms with van der Waals surface area (Å²) in [6.07, 6.45) is 3.11. The molecule has 1 aromatic carbocycles. The van der Waals surface area contributed by atoms with Crippen molar-refractivity contribution in [2.24, 2.45) is 0 Å². The summed E-state index contributed by atoms with van der Waals surface area (Å²) in [6.45, 7) is 2.32. The first-order valence-electron chi connectivity index (χ1n) is 7.12. The average molecular weight is 280 g/mol. The predicted octanol–water partition coefficient (Wildman–Crippen LogP) is 3.07. The van der Waals surface area contributed by atoms with Crippen LogP contribution in [-0.4, -0.2) is 24.3 Å². The van der Waals surface area contributed by atoms with Gasteiger partial charge in [0, 0.05) is 6.42 Å². The van der Waals surface area contributed by atoms with Crippen molar-refractivity contribution in [2.75, 3.05) is 7.11 Å². The zero-order valence-corrected chi connectivity index (χ0v) is 12.3. The number of hydrogen-bond donors (Lipinski definition) is 1. The van der Waals surface area contributed by atoms with Crippen molar-refractivity contribution >= 4 is 5.97 Å². The Morgan fingerprint density at radius 3 is 2.85 bits per heavy atom. The van der Waals surface area contributed by atoms with Crippen LogP contribution in [0.2, 0.25) is 0 Å². The number of aliphatic hydroxyl groups is 1. The van der Waals surface area contributed by atoms with Gasteiger partial charge in [-0.1, -0.05) is 31.9 Å². The van der Waals surface area contributed by atoms with Gasteiger partial charge in [-0.25, -0.2) is 0 Å². The lowest BCUT2D eigenvalue weighted by Gasteiger charge is -2.10. The van der Waals surface area contributed by atoms with Gasteiger partial charge in [-0.15, -0.1) is 0 Å². The maximum Gasteiger partial charge on any atom is 0.306 e. The van der Waals surface area contributed by atoms with Gasteiger partial charge in [0.05, 0.1) is 13.2 Å². The second-order valence-electron chi connectivity index (χ2n) is 4.85. The fourth-order valence-corrected chi connectivity index (χ4v) is 1.87. The zero-order valence-electron chi connectivity index (χ0n) is 12.3. The van der Waals surface area contributed by atoms with E-state index in [9.17, 15) is 9.90 Å². The zero-order chi connectivity index (χ0) is 14.8. The minimum absolute atomic E-state index is 0.237. The van der Waals surface area contributed by atoms with E-state index < -0.39 is 6.10 Å². The van der Waals surface area contributed by atoms with Crippen LogP contribution in [-0.2, 0) is 16.1 Å². The molecule has 112 valence electrons. The van der Waals surface area contributed by atoms with E-state index in [2.05, 4.69) is 6.92 Å². The van der Waals surface area contributed by atoms with Crippen molar-refractivity contribution in [3.05, 3.63) is 29.8 Å². The number of carbonyl (C=O) groups excluding carboxylic acids is 1. The molecule has 0 heterocycles. The van der Waals surface area contributed by atoms with Crippen molar-refractivity contribution in [2.45, 2.75) is 51.7 Å². The Bertz CT molecular complexity index is 403. The first kappa shape index (κ1) is 16.5. The molecule has 4 nitrogen and oxygen atoms in total. The largest absolute Gasteiger partial charge is 0.497 e. The van der Waals surface area contributed by atoms with E-state index in [1.807, 2.05) is 24.3 Å². The van der Waals surface area contributed by atoms with E-state index in [0.29, 0.717) is 6.42 Å². The van der Waals surface area contributed by atoms with Gasteiger partial charge in [-0.2, -0.15) is 0 Å². The molecule has 0 fully saturated rings. The Labute approximate surface area is 120 Å². The molecule has 1 rings (SSSR count). The monoisotopic (exact) mass is 280 g/mol. The lowest BCUT2D eigenvalue weighted by atomic mass is 10.1. The molecule has 20 heavy (non-hydrogen) atoms. The second kappa shape index (κ2) is 9.37. The number of benzene rings is 1. The number of unbranched alkanes of at least 4 members (excludes halogenated alkanes) is 1. The van der Waals surface area contributed by atoms with Gasteiger partial charge in [0.25, 0.3) is 0 Å². The number of hydrogen-bond acceptors (Lipinski definition) is 4. The van der Waals surface area contributed by atoms with Crippen LogP contribution in [0.5, 0.6) is 5.75 Å². The highest BCUT2D eigenvalue weighted by Crippen LogP contribution is 2.14. The maximum atomic E-state index is 11.6. The summed E-state index contributed by atoms with van der Waals surface area (Å²) >= 11 is 0. The van der Waals surface area contributed by atoms with Gasteiger partial charge in [-0.05, 0) is 30.5 Å². The second-order valence-corrected chi connectivity index (χ2v) is 4.85. The quantitative estimate of drug-likeness (QED) is 0.706. The summed E-state index contributed by atoms with van der Waals surface area (Å²) in [5, 5.41) is 9.66. The maximum absolute atomic E-state index is 11.6. The van der Waals surface area contributed by atoms with E-state index in [0.717, 1.165) is 30.6 Å². The van der Waals surface area contributed by atoms with Crippen LogP contribution < -0.4 is 4.74 Å². The highest BCUT2D eigenvalue weighted by molar-refractivity contribution is 5.69. The Hall–Kier alpha value is -1.55. The normalized spacial score (nSPS) is 11.9. The minimum atomic E-state index is -0.403. The smallest absolute Gasteiger partial charge is 0.306 e. The molecule has 1 atom stereocenters. The molecule has 0 radical (unpaired) electrons. The molecule has 0 aliphatic rings. The third-order valence-corrected chi connectivity index (χ3v) is 3.11. The highest BCUT2D eigenvalue weighted by Gasteiger charge is 2.09. The fourth-order valence-electron chi connectivity index (χ4n) is 1.87. The molecular weight excluding hydrogens is 256 g/mol. The summed E-state index contributed by atoms with van der Waals surface area (Å²) in [7, 11) is 1.60. The van der Waals surface area contributed by atoms with Crippen LogP contribution in [0, 0.1) is 0 Å². The van der Waals surface area contributed by atoms with Gasteiger partial charge in [-0.3, -0.25) is 4.79 Å². The lowest BCUT2D eigenvalue weighted by Crippen LogP contribution is -2.11. The van der Waals surface area contributed by atoms with Gasteiger partial charge in [0.15, 0.2) is 0 Å². The Morgan fingerprint density at radius 1 is 1.35 bits per heavy atom. The molecule has 0 amide bonds. The van der Waals surface area contributed by atoms with Gasteiger partial charge >= 0.3 is 5.97 Å². The molecule has 0 aliphatic heterocycles. The van der Waals surface area contributed by atoms with Crippen LogP contribution in [0.4, 0.5) is 0 Å². The molecule has 1 aromatic rings.